The van der Waals surface area contributed by atoms with E-state index in [9.17, 15) is 92.2 Å². The molecule has 0 rings (SSSR count). The molecule has 0 saturated heterocycles. The summed E-state index contributed by atoms with van der Waals surface area (Å²) in [6, 6.07) is 0. The van der Waals surface area contributed by atoms with E-state index < -0.39 is 87.7 Å². The molecule has 0 fully saturated rings. The lowest BCUT2D eigenvalue weighted by Gasteiger charge is -2.43. The molecule has 0 unspecified atom stereocenters. The third kappa shape index (κ3) is 5.74. The van der Waals surface area contributed by atoms with Crippen LogP contribution in [-0.4, -0.2) is 80.7 Å². The Morgan fingerprint density at radius 3 is 1.37 bits per heavy atom. The third-order valence-electron chi connectivity index (χ3n) is 5.43. The van der Waals surface area contributed by atoms with Gasteiger partial charge in [0.15, 0.2) is 0 Å². The highest BCUT2D eigenvalue weighted by atomic mass is 32.2. The van der Waals surface area contributed by atoms with E-state index in [0.717, 1.165) is 0 Å². The van der Waals surface area contributed by atoms with E-state index in [1.165, 1.54) is 20.8 Å². The molecule has 0 aromatic carbocycles. The van der Waals surface area contributed by atoms with Crippen LogP contribution in [0.1, 0.15) is 27.2 Å². The molecule has 0 aliphatic rings. The zero-order valence-corrected chi connectivity index (χ0v) is 20.9. The van der Waals surface area contributed by atoms with Crippen molar-refractivity contribution in [1.29, 1.82) is 0 Å². The van der Waals surface area contributed by atoms with Crippen LogP contribution in [0.3, 0.4) is 0 Å². The maximum absolute atomic E-state index is 13.9. The molecule has 0 aromatic rings. The number of sulfonamides is 1. The van der Waals surface area contributed by atoms with Crippen LogP contribution >= 0.6 is 0 Å². The number of alkyl halides is 18. The van der Waals surface area contributed by atoms with Crippen molar-refractivity contribution < 1.29 is 97.0 Å². The second-order valence-electron chi connectivity index (χ2n) is 8.66. The third-order valence-corrected chi connectivity index (χ3v) is 6.95. The van der Waals surface area contributed by atoms with Crippen LogP contribution in [0, 0.1) is 5.41 Å². The van der Waals surface area contributed by atoms with Crippen LogP contribution in [-0.2, 0) is 19.6 Å². The van der Waals surface area contributed by atoms with Gasteiger partial charge in [-0.15, -0.1) is 0 Å². The smallest absolute Gasteiger partial charge is 0.427 e. The summed E-state index contributed by atoms with van der Waals surface area (Å²) < 4.78 is 268. The summed E-state index contributed by atoms with van der Waals surface area (Å²) in [5, 5.41) is -7.72. The number of hydrogen-bond acceptors (Lipinski definition) is 4. The Morgan fingerprint density at radius 1 is 0.683 bits per heavy atom. The van der Waals surface area contributed by atoms with E-state index in [-0.39, 0.29) is 6.42 Å². The van der Waals surface area contributed by atoms with Gasteiger partial charge in [-0.3, -0.25) is 4.79 Å². The van der Waals surface area contributed by atoms with E-state index in [2.05, 4.69) is 4.74 Å². The fourth-order valence-electron chi connectivity index (χ4n) is 2.24. The van der Waals surface area contributed by atoms with Gasteiger partial charge in [0.05, 0.1) is 5.41 Å². The molecule has 246 valence electrons. The maximum atomic E-state index is 13.9. The molecule has 1 N–H and O–H groups in total. The van der Waals surface area contributed by atoms with Crippen LogP contribution in [0.2, 0.25) is 0 Å². The first-order valence-electron chi connectivity index (χ1n) is 10.1. The first-order valence-corrected chi connectivity index (χ1v) is 11.6. The summed E-state index contributed by atoms with van der Waals surface area (Å²) in [5.41, 5.74) is -1.31. The molecule has 0 aliphatic heterocycles. The Hall–Kier alpha value is -1.88. The molecule has 0 radical (unpaired) electrons. The molecular formula is C17H17F18NO4S. The Morgan fingerprint density at radius 2 is 1.02 bits per heavy atom. The van der Waals surface area contributed by atoms with Crippen LogP contribution in [0.5, 0.6) is 0 Å². The molecule has 0 saturated carbocycles. The van der Waals surface area contributed by atoms with Crippen molar-refractivity contribution in [3.05, 3.63) is 0 Å². The van der Waals surface area contributed by atoms with Gasteiger partial charge in [-0.1, -0.05) is 6.92 Å². The van der Waals surface area contributed by atoms with Crippen molar-refractivity contribution in [2.24, 2.45) is 5.41 Å². The molecule has 0 amide bonds. The molecule has 0 aromatic heterocycles. The highest BCUT2D eigenvalue weighted by Gasteiger charge is 2.96. The minimum Gasteiger partial charge on any atom is -0.464 e. The SMILES string of the molecule is CCC(C)(C)C(=O)OCCNS(=O)(=O)C(F)(F)C(F)(F)C(F)(F)C(F)(F)C(F)(F)C(F)(F)C(F)(F)C(F)(F)C(F)F. The fourth-order valence-corrected chi connectivity index (χ4v) is 3.24. The summed E-state index contributed by atoms with van der Waals surface area (Å²) in [7, 11) is -7.48. The molecule has 0 atom stereocenters. The molecule has 0 spiro atoms. The van der Waals surface area contributed by atoms with E-state index >= 15 is 0 Å². The van der Waals surface area contributed by atoms with E-state index in [0.29, 0.717) is 4.72 Å². The van der Waals surface area contributed by atoms with Gasteiger partial charge in [-0.25, -0.2) is 21.9 Å². The number of hydrogen-bond donors (Lipinski definition) is 1. The average Bonchev–Trinajstić information content (AvgIpc) is 2.80. The Kier molecular flexibility index (Phi) is 10.5. The predicted molar refractivity (Wildman–Crippen MR) is 97.5 cm³/mol. The van der Waals surface area contributed by atoms with Gasteiger partial charge in [-0.2, -0.15) is 70.2 Å². The highest BCUT2D eigenvalue weighted by Crippen LogP contribution is 2.64. The van der Waals surface area contributed by atoms with Gasteiger partial charge < -0.3 is 4.74 Å². The Labute approximate surface area is 217 Å². The fraction of sp³-hybridized carbons (Fsp3) is 0.941. The first kappa shape index (κ1) is 39.1. The number of rotatable bonds is 15. The predicted octanol–water partition coefficient (Wildman–Crippen LogP) is 6.19. The van der Waals surface area contributed by atoms with Crippen molar-refractivity contribution in [3.63, 3.8) is 0 Å². The minimum absolute atomic E-state index is 0.0422. The van der Waals surface area contributed by atoms with Crippen LogP contribution < -0.4 is 4.72 Å². The van der Waals surface area contributed by atoms with Gasteiger partial charge in [0.2, 0.25) is 0 Å². The summed E-state index contributed by atoms with van der Waals surface area (Å²) in [6.45, 7) is 0.798. The summed E-state index contributed by atoms with van der Waals surface area (Å²) in [5.74, 6) is -61.4. The number of carbonyl (C=O) groups excluding carboxylic acids is 1. The zero-order valence-electron chi connectivity index (χ0n) is 20.0. The summed E-state index contributed by atoms with van der Waals surface area (Å²) >= 11 is 0. The number of nitrogens with one attached hydrogen (secondary N) is 1. The molecule has 0 bridgehead atoms. The number of halogens is 18. The van der Waals surface area contributed by atoms with Gasteiger partial charge in [0.1, 0.15) is 6.61 Å². The van der Waals surface area contributed by atoms with Crippen molar-refractivity contribution in [3.8, 4) is 0 Å². The molecule has 41 heavy (non-hydrogen) atoms. The summed E-state index contributed by atoms with van der Waals surface area (Å²) in [4.78, 5) is 11.6. The van der Waals surface area contributed by atoms with Crippen LogP contribution in [0.25, 0.3) is 0 Å². The molecular weight excluding hydrogens is 656 g/mol. The largest absolute Gasteiger partial charge is 0.464 e. The number of esters is 1. The standard InChI is InChI=1S/C17H17F18NO4S/c1-4-9(2,3)8(37)40-6-5-36-41(38,39)17(34,35)16(32,33)15(30,31)14(28,29)13(26,27)12(24,25)11(22,23)10(20,21)7(18)19/h7,36H,4-6H2,1-3H3. The highest BCUT2D eigenvalue weighted by molar-refractivity contribution is 7.90. The van der Waals surface area contributed by atoms with Gasteiger partial charge >= 0.3 is 59.1 Å². The second kappa shape index (κ2) is 11.0. The van der Waals surface area contributed by atoms with Crippen molar-refractivity contribution >= 4 is 16.0 Å². The zero-order chi connectivity index (χ0) is 33.7. The average molecular weight is 673 g/mol. The van der Waals surface area contributed by atoms with Gasteiger partial charge in [0, 0.05) is 6.54 Å². The van der Waals surface area contributed by atoms with E-state index in [1.54, 1.807) is 0 Å². The summed E-state index contributed by atoms with van der Waals surface area (Å²) in [6.07, 6.45) is -6.05. The number of carbonyl (C=O) groups is 1. The maximum Gasteiger partial charge on any atom is 0.427 e. The van der Waals surface area contributed by atoms with E-state index in [4.69, 9.17) is 0 Å². The molecule has 5 nitrogen and oxygen atoms in total. The molecule has 24 heteroatoms. The van der Waals surface area contributed by atoms with Crippen LogP contribution in [0.15, 0.2) is 0 Å². The minimum atomic E-state index is -8.99. The topological polar surface area (TPSA) is 72.5 Å². The van der Waals surface area contributed by atoms with Crippen molar-refractivity contribution in [1.82, 2.24) is 4.72 Å². The second-order valence-corrected chi connectivity index (χ2v) is 10.5. The Balaban J connectivity index is 6.51. The first-order chi connectivity index (χ1) is 17.6. The lowest BCUT2D eigenvalue weighted by molar-refractivity contribution is -0.453. The molecule has 0 heterocycles. The normalized spacial score (nSPS) is 15.9. The van der Waals surface area contributed by atoms with E-state index in [1.807, 2.05) is 0 Å². The number of ether oxygens (including phenoxy) is 1. The van der Waals surface area contributed by atoms with Crippen molar-refractivity contribution in [2.45, 2.75) is 80.3 Å². The lowest BCUT2D eigenvalue weighted by atomic mass is 9.89. The Bertz CT molecular complexity index is 1060. The van der Waals surface area contributed by atoms with Crippen LogP contribution in [0.4, 0.5) is 79.0 Å². The monoisotopic (exact) mass is 673 g/mol. The van der Waals surface area contributed by atoms with Crippen molar-refractivity contribution in [2.75, 3.05) is 13.2 Å². The van der Waals surface area contributed by atoms with Gasteiger partial charge in [-0.05, 0) is 20.3 Å². The lowest BCUT2D eigenvalue weighted by Crippen LogP contribution is -2.76. The quantitative estimate of drug-likeness (QED) is 0.128. The van der Waals surface area contributed by atoms with Gasteiger partial charge in [0.25, 0.3) is 10.0 Å². The molecule has 0 aliphatic carbocycles.